The van der Waals surface area contributed by atoms with Gasteiger partial charge in [-0.15, -0.1) is 11.8 Å². The lowest BCUT2D eigenvalue weighted by molar-refractivity contribution is -0.139. The minimum atomic E-state index is -0.581. The van der Waals surface area contributed by atoms with E-state index in [0.717, 1.165) is 11.1 Å². The fourth-order valence-corrected chi connectivity index (χ4v) is 4.99. The van der Waals surface area contributed by atoms with Gasteiger partial charge in [0.2, 0.25) is 11.8 Å². The van der Waals surface area contributed by atoms with Crippen LogP contribution in [-0.2, 0) is 21.9 Å². The van der Waals surface area contributed by atoms with E-state index in [2.05, 4.69) is 5.32 Å². The van der Waals surface area contributed by atoms with Crippen molar-refractivity contribution in [2.24, 2.45) is 5.92 Å². The average molecular weight is 516 g/mol. The van der Waals surface area contributed by atoms with Crippen LogP contribution in [0.5, 0.6) is 0 Å². The third-order valence-electron chi connectivity index (χ3n) is 4.90. The molecule has 0 radical (unpaired) electrons. The summed E-state index contributed by atoms with van der Waals surface area (Å²) in [5.74, 6) is 0.728. The number of carbonyl (C=O) groups is 2. The predicted molar refractivity (Wildman–Crippen MR) is 137 cm³/mol. The molecule has 1 unspecified atom stereocenters. The molecule has 32 heavy (non-hydrogen) atoms. The summed E-state index contributed by atoms with van der Waals surface area (Å²) in [6.45, 7) is 6.79. The summed E-state index contributed by atoms with van der Waals surface area (Å²) in [4.78, 5) is 27.8. The van der Waals surface area contributed by atoms with Gasteiger partial charge in [0.1, 0.15) is 6.04 Å². The first-order valence-corrected chi connectivity index (χ1v) is 12.8. The number of amides is 2. The SMILES string of the molecule is CCC(C(=O)NCC(C)C)N(Cc1ccccc1Cl)C(=O)CSCc1c(Cl)cccc1Cl. The molecule has 0 heterocycles. The van der Waals surface area contributed by atoms with Gasteiger partial charge < -0.3 is 10.2 Å². The van der Waals surface area contributed by atoms with Crippen LogP contribution in [0.4, 0.5) is 0 Å². The number of halogens is 3. The molecule has 8 heteroatoms. The Labute approximate surface area is 210 Å². The minimum Gasteiger partial charge on any atom is -0.354 e. The van der Waals surface area contributed by atoms with E-state index in [0.29, 0.717) is 39.7 Å². The second-order valence-corrected chi connectivity index (χ2v) is 10.1. The lowest BCUT2D eigenvalue weighted by Gasteiger charge is -2.31. The topological polar surface area (TPSA) is 49.4 Å². The van der Waals surface area contributed by atoms with Crippen molar-refractivity contribution in [2.75, 3.05) is 12.3 Å². The van der Waals surface area contributed by atoms with Gasteiger partial charge in [-0.2, -0.15) is 0 Å². The Morgan fingerprint density at radius 3 is 2.22 bits per heavy atom. The maximum atomic E-state index is 13.3. The summed E-state index contributed by atoms with van der Waals surface area (Å²) in [6, 6.07) is 12.1. The molecule has 0 spiro atoms. The van der Waals surface area contributed by atoms with Crippen LogP contribution in [0.25, 0.3) is 0 Å². The molecule has 0 aromatic heterocycles. The van der Waals surface area contributed by atoms with Crippen LogP contribution >= 0.6 is 46.6 Å². The fourth-order valence-electron chi connectivity index (χ4n) is 3.15. The van der Waals surface area contributed by atoms with Crippen molar-refractivity contribution < 1.29 is 9.59 Å². The molecule has 4 nitrogen and oxygen atoms in total. The standard InChI is InChI=1S/C24H29Cl3N2O2S/c1-4-22(24(31)28-12-16(2)3)29(13-17-8-5-6-9-19(17)25)23(30)15-32-14-18-20(26)10-7-11-21(18)27/h5-11,16,22H,4,12-15H2,1-3H3,(H,28,31). The van der Waals surface area contributed by atoms with Crippen molar-refractivity contribution >= 4 is 58.4 Å². The van der Waals surface area contributed by atoms with E-state index >= 15 is 0 Å². The van der Waals surface area contributed by atoms with E-state index in [-0.39, 0.29) is 24.1 Å². The van der Waals surface area contributed by atoms with Gasteiger partial charge in [0, 0.05) is 33.9 Å². The molecule has 1 N–H and O–H groups in total. The molecule has 2 aromatic carbocycles. The van der Waals surface area contributed by atoms with Gasteiger partial charge in [0.25, 0.3) is 0 Å². The van der Waals surface area contributed by atoms with E-state index in [4.69, 9.17) is 34.8 Å². The van der Waals surface area contributed by atoms with Crippen molar-refractivity contribution in [3.8, 4) is 0 Å². The van der Waals surface area contributed by atoms with Gasteiger partial charge in [-0.05, 0) is 41.7 Å². The van der Waals surface area contributed by atoms with Crippen molar-refractivity contribution in [3.63, 3.8) is 0 Å². The van der Waals surface area contributed by atoms with E-state index < -0.39 is 6.04 Å². The van der Waals surface area contributed by atoms with Crippen LogP contribution in [0.1, 0.15) is 38.3 Å². The van der Waals surface area contributed by atoms with Crippen molar-refractivity contribution in [1.29, 1.82) is 0 Å². The molecule has 0 bridgehead atoms. The first-order chi connectivity index (χ1) is 15.2. The summed E-state index contributed by atoms with van der Waals surface area (Å²) >= 11 is 20.3. The van der Waals surface area contributed by atoms with Crippen LogP contribution in [0.3, 0.4) is 0 Å². The van der Waals surface area contributed by atoms with Gasteiger partial charge >= 0.3 is 0 Å². The van der Waals surface area contributed by atoms with Crippen molar-refractivity contribution in [3.05, 3.63) is 68.7 Å². The lowest BCUT2D eigenvalue weighted by Crippen LogP contribution is -2.50. The molecule has 0 saturated carbocycles. The second-order valence-electron chi connectivity index (χ2n) is 7.87. The number of carbonyl (C=O) groups excluding carboxylic acids is 2. The summed E-state index contributed by atoms with van der Waals surface area (Å²) in [7, 11) is 0. The first-order valence-electron chi connectivity index (χ1n) is 10.6. The molecule has 0 aliphatic carbocycles. The molecule has 2 amide bonds. The Kier molecular flexibility index (Phi) is 11.2. The molecule has 0 aliphatic rings. The van der Waals surface area contributed by atoms with Gasteiger partial charge in [-0.1, -0.05) is 79.8 Å². The normalized spacial score (nSPS) is 12.0. The molecule has 2 rings (SSSR count). The number of hydrogen-bond acceptors (Lipinski definition) is 3. The highest BCUT2D eigenvalue weighted by molar-refractivity contribution is 7.99. The molecular weight excluding hydrogens is 487 g/mol. The highest BCUT2D eigenvalue weighted by Gasteiger charge is 2.29. The quantitative estimate of drug-likeness (QED) is 0.373. The smallest absolute Gasteiger partial charge is 0.242 e. The van der Waals surface area contributed by atoms with E-state index in [9.17, 15) is 9.59 Å². The zero-order valence-corrected chi connectivity index (χ0v) is 21.6. The Hall–Kier alpha value is -1.40. The van der Waals surface area contributed by atoms with Crippen LogP contribution in [0.15, 0.2) is 42.5 Å². The highest BCUT2D eigenvalue weighted by Crippen LogP contribution is 2.29. The lowest BCUT2D eigenvalue weighted by atomic mass is 10.1. The van der Waals surface area contributed by atoms with Crippen LogP contribution in [0.2, 0.25) is 15.1 Å². The van der Waals surface area contributed by atoms with Crippen molar-refractivity contribution in [2.45, 2.75) is 45.5 Å². The molecule has 2 aromatic rings. The average Bonchev–Trinajstić information content (AvgIpc) is 2.75. The molecule has 1 atom stereocenters. The largest absolute Gasteiger partial charge is 0.354 e. The Morgan fingerprint density at radius 2 is 1.62 bits per heavy atom. The third-order valence-corrected chi connectivity index (χ3v) is 6.92. The van der Waals surface area contributed by atoms with Gasteiger partial charge in [0.05, 0.1) is 5.75 Å². The molecular formula is C24H29Cl3N2O2S. The Bertz CT molecular complexity index is 904. The number of benzene rings is 2. The molecule has 174 valence electrons. The molecule has 0 fully saturated rings. The van der Waals surface area contributed by atoms with E-state index in [1.54, 1.807) is 29.2 Å². The van der Waals surface area contributed by atoms with Crippen LogP contribution < -0.4 is 5.32 Å². The fraction of sp³-hybridized carbons (Fsp3) is 0.417. The first kappa shape index (κ1) is 26.8. The number of rotatable bonds is 11. The monoisotopic (exact) mass is 514 g/mol. The number of nitrogens with zero attached hydrogens (tertiary/aromatic N) is 1. The zero-order chi connectivity index (χ0) is 23.7. The molecule has 0 aliphatic heterocycles. The van der Waals surface area contributed by atoms with E-state index in [1.165, 1.54) is 11.8 Å². The Morgan fingerprint density at radius 1 is 1.00 bits per heavy atom. The number of nitrogens with one attached hydrogen (secondary N) is 1. The maximum Gasteiger partial charge on any atom is 0.242 e. The maximum absolute atomic E-state index is 13.3. The predicted octanol–water partition coefficient (Wildman–Crippen LogP) is 6.46. The summed E-state index contributed by atoms with van der Waals surface area (Å²) in [5.41, 5.74) is 1.60. The van der Waals surface area contributed by atoms with Crippen LogP contribution in [-0.4, -0.2) is 35.1 Å². The number of thioether (sulfide) groups is 1. The van der Waals surface area contributed by atoms with Gasteiger partial charge in [-0.25, -0.2) is 0 Å². The molecule has 0 saturated heterocycles. The summed E-state index contributed by atoms with van der Waals surface area (Å²) in [6.07, 6.45) is 0.501. The third kappa shape index (κ3) is 7.87. The second kappa shape index (κ2) is 13.3. The van der Waals surface area contributed by atoms with Gasteiger partial charge in [0.15, 0.2) is 0 Å². The van der Waals surface area contributed by atoms with E-state index in [1.807, 2.05) is 39.0 Å². The summed E-state index contributed by atoms with van der Waals surface area (Å²) < 4.78 is 0. The highest BCUT2D eigenvalue weighted by atomic mass is 35.5. The minimum absolute atomic E-state index is 0.135. The number of hydrogen-bond donors (Lipinski definition) is 1. The summed E-state index contributed by atoms with van der Waals surface area (Å²) in [5, 5.41) is 4.67. The zero-order valence-electron chi connectivity index (χ0n) is 18.5. The van der Waals surface area contributed by atoms with Crippen molar-refractivity contribution in [1.82, 2.24) is 10.2 Å². The van der Waals surface area contributed by atoms with Gasteiger partial charge in [-0.3, -0.25) is 9.59 Å². The van der Waals surface area contributed by atoms with Crippen LogP contribution in [0, 0.1) is 5.92 Å². The Balaban J connectivity index is 2.17.